The van der Waals surface area contributed by atoms with Crippen LogP contribution >= 0.6 is 0 Å². The van der Waals surface area contributed by atoms with E-state index in [-0.39, 0.29) is 10.5 Å². The number of halogens is 1. The molecule has 22 heavy (non-hydrogen) atoms. The van der Waals surface area contributed by atoms with Crippen LogP contribution in [0.4, 0.5) is 4.39 Å². The molecule has 6 nitrogen and oxygen atoms in total. The zero-order valence-corrected chi connectivity index (χ0v) is 12.4. The van der Waals surface area contributed by atoms with E-state index < -0.39 is 21.7 Å². The van der Waals surface area contributed by atoms with Crippen LogP contribution in [-0.4, -0.2) is 21.4 Å². The lowest BCUT2D eigenvalue weighted by Crippen LogP contribution is -2.41. The van der Waals surface area contributed by atoms with Crippen molar-refractivity contribution in [2.45, 2.75) is 4.90 Å². The van der Waals surface area contributed by atoms with Crippen molar-refractivity contribution < 1.29 is 22.3 Å². The Labute approximate surface area is 126 Å². The van der Waals surface area contributed by atoms with Gasteiger partial charge in [-0.2, -0.15) is 0 Å². The van der Waals surface area contributed by atoms with Crippen LogP contribution in [0.5, 0.6) is 5.75 Å². The Bertz CT molecular complexity index is 776. The maximum atomic E-state index is 13.0. The van der Waals surface area contributed by atoms with Crippen molar-refractivity contribution in [2.75, 3.05) is 7.11 Å². The van der Waals surface area contributed by atoms with Crippen LogP contribution < -0.4 is 15.0 Å². The van der Waals surface area contributed by atoms with E-state index in [4.69, 9.17) is 4.74 Å². The van der Waals surface area contributed by atoms with Gasteiger partial charge in [0, 0.05) is 5.56 Å². The van der Waals surface area contributed by atoms with Gasteiger partial charge in [0.15, 0.2) is 0 Å². The van der Waals surface area contributed by atoms with Crippen LogP contribution in [0.3, 0.4) is 0 Å². The fourth-order valence-electron chi connectivity index (χ4n) is 1.62. The molecule has 1 amide bonds. The summed E-state index contributed by atoms with van der Waals surface area (Å²) in [5.41, 5.74) is 2.29. The summed E-state index contributed by atoms with van der Waals surface area (Å²) in [7, 11) is -2.56. The molecule has 116 valence electrons. The van der Waals surface area contributed by atoms with Crippen molar-refractivity contribution in [2.24, 2.45) is 0 Å². The number of ether oxygens (including phenoxy) is 1. The molecule has 0 saturated heterocycles. The van der Waals surface area contributed by atoms with Gasteiger partial charge in [-0.25, -0.2) is 12.8 Å². The number of hydrogen-bond donors (Lipinski definition) is 2. The first-order valence-corrected chi connectivity index (χ1v) is 7.62. The number of benzene rings is 2. The van der Waals surface area contributed by atoms with E-state index >= 15 is 0 Å². The zero-order valence-electron chi connectivity index (χ0n) is 11.5. The van der Waals surface area contributed by atoms with Crippen LogP contribution in [0.2, 0.25) is 0 Å². The van der Waals surface area contributed by atoms with Crippen LogP contribution in [0.25, 0.3) is 0 Å². The summed E-state index contributed by atoms with van der Waals surface area (Å²) in [6.45, 7) is 0. The minimum absolute atomic E-state index is 0.239. The van der Waals surface area contributed by atoms with Crippen LogP contribution in [0.1, 0.15) is 10.4 Å². The third-order valence-electron chi connectivity index (χ3n) is 2.76. The number of hydrazine groups is 1. The van der Waals surface area contributed by atoms with Gasteiger partial charge >= 0.3 is 0 Å². The smallest absolute Gasteiger partial charge is 0.266 e. The first-order valence-electron chi connectivity index (χ1n) is 6.14. The number of methoxy groups -OCH3 is 1. The SMILES string of the molecule is COc1ccc(C(=O)NNS(=O)(=O)c2cccc(F)c2)cc1. The van der Waals surface area contributed by atoms with Crippen LogP contribution in [0, 0.1) is 5.82 Å². The number of sulfonamides is 1. The maximum Gasteiger partial charge on any atom is 0.266 e. The third-order valence-corrected chi connectivity index (χ3v) is 4.00. The number of rotatable bonds is 5. The summed E-state index contributed by atoms with van der Waals surface area (Å²) in [5.74, 6) is -0.774. The largest absolute Gasteiger partial charge is 0.497 e. The Morgan fingerprint density at radius 2 is 1.82 bits per heavy atom. The highest BCUT2D eigenvalue weighted by Gasteiger charge is 2.16. The summed E-state index contributed by atoms with van der Waals surface area (Å²) >= 11 is 0. The molecule has 0 aliphatic carbocycles. The van der Waals surface area contributed by atoms with E-state index in [9.17, 15) is 17.6 Å². The molecular weight excluding hydrogens is 311 g/mol. The van der Waals surface area contributed by atoms with Gasteiger partial charge in [-0.3, -0.25) is 10.2 Å². The molecule has 0 radical (unpaired) electrons. The highest BCUT2D eigenvalue weighted by molar-refractivity contribution is 7.89. The van der Waals surface area contributed by atoms with E-state index in [0.29, 0.717) is 5.75 Å². The van der Waals surface area contributed by atoms with Gasteiger partial charge in [0.2, 0.25) is 0 Å². The molecule has 0 aromatic heterocycles. The Hall–Kier alpha value is -2.45. The second-order valence-electron chi connectivity index (χ2n) is 4.25. The van der Waals surface area contributed by atoms with Crippen molar-refractivity contribution in [1.82, 2.24) is 10.3 Å². The molecule has 0 saturated carbocycles. The van der Waals surface area contributed by atoms with Crippen molar-refractivity contribution in [3.05, 3.63) is 59.9 Å². The highest BCUT2D eigenvalue weighted by atomic mass is 32.2. The third kappa shape index (κ3) is 3.80. The van der Waals surface area contributed by atoms with Crippen molar-refractivity contribution in [3.8, 4) is 5.75 Å². The number of carbonyl (C=O) groups excluding carboxylic acids is 1. The second-order valence-corrected chi connectivity index (χ2v) is 5.93. The molecule has 2 aromatic rings. The topological polar surface area (TPSA) is 84.5 Å². The minimum atomic E-state index is -4.05. The lowest BCUT2D eigenvalue weighted by atomic mass is 10.2. The summed E-state index contributed by atoms with van der Waals surface area (Å²) < 4.78 is 41.8. The average molecular weight is 324 g/mol. The molecule has 2 N–H and O–H groups in total. The van der Waals surface area contributed by atoms with Gasteiger partial charge in [-0.1, -0.05) is 6.07 Å². The van der Waals surface area contributed by atoms with Gasteiger partial charge in [0.1, 0.15) is 11.6 Å². The van der Waals surface area contributed by atoms with Crippen molar-refractivity contribution in [3.63, 3.8) is 0 Å². The molecule has 2 aromatic carbocycles. The molecule has 0 bridgehead atoms. The molecule has 8 heteroatoms. The van der Waals surface area contributed by atoms with Gasteiger partial charge in [-0.15, -0.1) is 4.83 Å². The normalized spacial score (nSPS) is 11.0. The second kappa shape index (κ2) is 6.54. The molecule has 0 heterocycles. The lowest BCUT2D eigenvalue weighted by molar-refractivity contribution is 0.0945. The van der Waals surface area contributed by atoms with E-state index in [0.717, 1.165) is 12.1 Å². The fourth-order valence-corrected chi connectivity index (χ4v) is 2.49. The van der Waals surface area contributed by atoms with E-state index in [1.807, 2.05) is 4.83 Å². The van der Waals surface area contributed by atoms with Gasteiger partial charge in [0.05, 0.1) is 12.0 Å². The molecule has 0 aliphatic heterocycles. The molecular formula is C14H13FN2O4S. The van der Waals surface area contributed by atoms with E-state index in [2.05, 4.69) is 5.43 Å². The van der Waals surface area contributed by atoms with E-state index in [1.165, 1.54) is 31.4 Å². The number of amides is 1. The Kier molecular flexibility index (Phi) is 4.74. The Balaban J connectivity index is 2.06. The minimum Gasteiger partial charge on any atom is -0.497 e. The first kappa shape index (κ1) is 15.9. The fraction of sp³-hybridized carbons (Fsp3) is 0.0714. The van der Waals surface area contributed by atoms with Crippen LogP contribution in [0.15, 0.2) is 53.4 Å². The molecule has 0 atom stereocenters. The predicted molar refractivity (Wildman–Crippen MR) is 77.2 cm³/mol. The first-order chi connectivity index (χ1) is 10.4. The summed E-state index contributed by atoms with van der Waals surface area (Å²) in [4.78, 5) is 13.5. The summed E-state index contributed by atoms with van der Waals surface area (Å²) in [6, 6.07) is 10.5. The Morgan fingerprint density at radius 3 is 2.41 bits per heavy atom. The lowest BCUT2D eigenvalue weighted by Gasteiger charge is -2.09. The molecule has 0 spiro atoms. The Morgan fingerprint density at radius 1 is 1.14 bits per heavy atom. The van der Waals surface area contributed by atoms with Crippen molar-refractivity contribution >= 4 is 15.9 Å². The number of hydrogen-bond acceptors (Lipinski definition) is 4. The van der Waals surface area contributed by atoms with E-state index in [1.54, 1.807) is 12.1 Å². The molecule has 2 rings (SSSR count). The summed E-state index contributed by atoms with van der Waals surface area (Å²) in [6.07, 6.45) is 0. The van der Waals surface area contributed by atoms with Gasteiger partial charge in [-0.05, 0) is 42.5 Å². The monoisotopic (exact) mass is 324 g/mol. The standard InChI is InChI=1S/C14H13FN2O4S/c1-21-12-7-5-10(6-8-12)14(18)16-17-22(19,20)13-4-2-3-11(15)9-13/h2-9,17H,1H3,(H,16,18). The van der Waals surface area contributed by atoms with Gasteiger partial charge in [0.25, 0.3) is 15.9 Å². The maximum absolute atomic E-state index is 13.0. The van der Waals surface area contributed by atoms with Crippen LogP contribution in [-0.2, 0) is 10.0 Å². The average Bonchev–Trinajstić information content (AvgIpc) is 2.53. The predicted octanol–water partition coefficient (Wildman–Crippen LogP) is 1.46. The quantitative estimate of drug-likeness (QED) is 0.816. The van der Waals surface area contributed by atoms with Gasteiger partial charge < -0.3 is 4.74 Å². The summed E-state index contributed by atoms with van der Waals surface area (Å²) in [5, 5.41) is 0. The molecule has 0 aliphatic rings. The molecule has 0 unspecified atom stereocenters. The molecule has 0 fully saturated rings. The van der Waals surface area contributed by atoms with Crippen molar-refractivity contribution in [1.29, 1.82) is 0 Å². The number of nitrogens with one attached hydrogen (secondary N) is 2. The zero-order chi connectivity index (χ0) is 16.2. The highest BCUT2D eigenvalue weighted by Crippen LogP contribution is 2.12. The number of carbonyl (C=O) groups is 1.